The van der Waals surface area contributed by atoms with E-state index >= 15 is 0 Å². The summed E-state index contributed by atoms with van der Waals surface area (Å²) in [7, 11) is 0. The zero-order valence-corrected chi connectivity index (χ0v) is 11.7. The van der Waals surface area contributed by atoms with E-state index in [9.17, 15) is 4.79 Å². The Balaban J connectivity index is 2.12. The molecule has 1 aromatic heterocycles. The molecule has 2 rings (SSSR count). The lowest BCUT2D eigenvalue weighted by Gasteiger charge is -2.26. The number of hydrogen-bond donors (Lipinski definition) is 2. The van der Waals surface area contributed by atoms with Crippen LogP contribution >= 0.6 is 0 Å². The van der Waals surface area contributed by atoms with E-state index in [0.717, 1.165) is 11.3 Å². The second kappa shape index (κ2) is 5.84. The molecule has 1 amide bonds. The third-order valence-electron chi connectivity index (χ3n) is 3.32. The highest BCUT2D eigenvalue weighted by molar-refractivity contribution is 5.87. The van der Waals surface area contributed by atoms with Crippen LogP contribution in [0.1, 0.15) is 31.1 Å². The van der Waals surface area contributed by atoms with E-state index in [2.05, 4.69) is 10.3 Å². The highest BCUT2D eigenvalue weighted by atomic mass is 16.2. The highest BCUT2D eigenvalue weighted by Crippen LogP contribution is 2.19. The van der Waals surface area contributed by atoms with Crippen LogP contribution in [0.25, 0.3) is 0 Å². The van der Waals surface area contributed by atoms with Gasteiger partial charge in [-0.15, -0.1) is 0 Å². The first-order valence-electron chi connectivity index (χ1n) is 6.58. The fourth-order valence-electron chi connectivity index (χ4n) is 1.97. The smallest absolute Gasteiger partial charge is 0.244 e. The standard InChI is InChI=1S/C16H19N3O/c1-12(14-10-6-7-11-18-14)19-15(20)16(2,17)13-8-4-3-5-9-13/h3-12H,17H2,1-2H3,(H,19,20)/t12-,16?/m1/s1. The molecule has 0 aliphatic carbocycles. The maximum absolute atomic E-state index is 12.4. The van der Waals surface area contributed by atoms with Gasteiger partial charge in [0.2, 0.25) is 5.91 Å². The third kappa shape index (κ3) is 3.03. The molecule has 4 heteroatoms. The van der Waals surface area contributed by atoms with Crippen LogP contribution in [0.2, 0.25) is 0 Å². The molecule has 0 fully saturated rings. The lowest BCUT2D eigenvalue weighted by Crippen LogP contribution is -2.49. The number of aromatic nitrogens is 1. The van der Waals surface area contributed by atoms with Crippen molar-refractivity contribution in [2.45, 2.75) is 25.4 Å². The van der Waals surface area contributed by atoms with Gasteiger partial charge in [0.15, 0.2) is 0 Å². The van der Waals surface area contributed by atoms with Gasteiger partial charge in [-0.05, 0) is 31.5 Å². The van der Waals surface area contributed by atoms with Crippen molar-refractivity contribution in [3.05, 3.63) is 66.0 Å². The number of nitrogens with two attached hydrogens (primary N) is 1. The van der Waals surface area contributed by atoms with Crippen molar-refractivity contribution in [2.75, 3.05) is 0 Å². The number of pyridine rings is 1. The third-order valence-corrected chi connectivity index (χ3v) is 3.32. The van der Waals surface area contributed by atoms with Crippen LogP contribution in [0.5, 0.6) is 0 Å². The SMILES string of the molecule is C[C@@H](NC(=O)C(C)(N)c1ccccc1)c1ccccn1. The average molecular weight is 269 g/mol. The normalized spacial score (nSPS) is 15.2. The summed E-state index contributed by atoms with van der Waals surface area (Å²) in [6.07, 6.45) is 1.71. The summed E-state index contributed by atoms with van der Waals surface area (Å²) >= 11 is 0. The molecule has 0 aliphatic heterocycles. The molecule has 4 nitrogen and oxygen atoms in total. The van der Waals surface area contributed by atoms with E-state index in [-0.39, 0.29) is 11.9 Å². The Hall–Kier alpha value is -2.20. The molecule has 0 aliphatic rings. The lowest BCUT2D eigenvalue weighted by molar-refractivity contribution is -0.126. The summed E-state index contributed by atoms with van der Waals surface area (Å²) in [4.78, 5) is 16.6. The largest absolute Gasteiger partial charge is 0.346 e. The van der Waals surface area contributed by atoms with Gasteiger partial charge in [0.05, 0.1) is 11.7 Å². The van der Waals surface area contributed by atoms with Gasteiger partial charge in [-0.25, -0.2) is 0 Å². The fraction of sp³-hybridized carbons (Fsp3) is 0.250. The maximum atomic E-state index is 12.4. The maximum Gasteiger partial charge on any atom is 0.244 e. The molecule has 1 aromatic carbocycles. The van der Waals surface area contributed by atoms with E-state index in [1.54, 1.807) is 13.1 Å². The minimum atomic E-state index is -1.07. The Morgan fingerprint density at radius 1 is 1.20 bits per heavy atom. The Morgan fingerprint density at radius 3 is 2.45 bits per heavy atom. The van der Waals surface area contributed by atoms with Gasteiger partial charge in [-0.1, -0.05) is 36.4 Å². The summed E-state index contributed by atoms with van der Waals surface area (Å²) in [5.41, 5.74) is 6.70. The first kappa shape index (κ1) is 14.2. The summed E-state index contributed by atoms with van der Waals surface area (Å²) in [6.45, 7) is 3.60. The van der Waals surface area contributed by atoms with E-state index in [4.69, 9.17) is 5.73 Å². The summed E-state index contributed by atoms with van der Waals surface area (Å²) in [5.74, 6) is -0.221. The summed E-state index contributed by atoms with van der Waals surface area (Å²) in [5, 5.41) is 2.91. The van der Waals surface area contributed by atoms with E-state index in [1.807, 2.05) is 55.5 Å². The number of carbonyl (C=O) groups is 1. The highest BCUT2D eigenvalue weighted by Gasteiger charge is 2.31. The Labute approximate surface area is 119 Å². The molecule has 0 saturated carbocycles. The van der Waals surface area contributed by atoms with Gasteiger partial charge >= 0.3 is 0 Å². The van der Waals surface area contributed by atoms with Gasteiger partial charge in [-0.2, -0.15) is 0 Å². The van der Waals surface area contributed by atoms with Crippen LogP contribution in [0.4, 0.5) is 0 Å². The van der Waals surface area contributed by atoms with Gasteiger partial charge in [0.25, 0.3) is 0 Å². The van der Waals surface area contributed by atoms with Gasteiger partial charge in [0.1, 0.15) is 5.54 Å². The van der Waals surface area contributed by atoms with Gasteiger partial charge < -0.3 is 11.1 Å². The van der Waals surface area contributed by atoms with Crippen LogP contribution in [0.3, 0.4) is 0 Å². The molecule has 104 valence electrons. The molecule has 2 atom stereocenters. The van der Waals surface area contributed by atoms with Crippen LogP contribution in [-0.2, 0) is 10.3 Å². The molecule has 0 spiro atoms. The second-order valence-corrected chi connectivity index (χ2v) is 5.02. The molecular weight excluding hydrogens is 250 g/mol. The van der Waals surface area contributed by atoms with Gasteiger partial charge in [-0.3, -0.25) is 9.78 Å². The van der Waals surface area contributed by atoms with Crippen molar-refractivity contribution < 1.29 is 4.79 Å². The molecule has 3 N–H and O–H groups in total. The molecule has 20 heavy (non-hydrogen) atoms. The average Bonchev–Trinajstić information content (AvgIpc) is 2.49. The first-order valence-corrected chi connectivity index (χ1v) is 6.58. The van der Waals surface area contributed by atoms with Crippen molar-refractivity contribution in [3.8, 4) is 0 Å². The molecule has 0 bridgehead atoms. The monoisotopic (exact) mass is 269 g/mol. The number of nitrogens with zero attached hydrogens (tertiary/aromatic N) is 1. The number of nitrogens with one attached hydrogen (secondary N) is 1. The van der Waals surface area contributed by atoms with Crippen molar-refractivity contribution in [2.24, 2.45) is 5.73 Å². The van der Waals surface area contributed by atoms with E-state index < -0.39 is 5.54 Å². The molecule has 1 heterocycles. The Bertz CT molecular complexity index is 567. The van der Waals surface area contributed by atoms with Crippen molar-refractivity contribution in [1.29, 1.82) is 0 Å². The lowest BCUT2D eigenvalue weighted by atomic mass is 9.92. The quantitative estimate of drug-likeness (QED) is 0.893. The summed E-state index contributed by atoms with van der Waals surface area (Å²) in [6, 6.07) is 14.8. The number of carbonyl (C=O) groups excluding carboxylic acids is 1. The van der Waals surface area contributed by atoms with Crippen molar-refractivity contribution in [1.82, 2.24) is 10.3 Å². The van der Waals surface area contributed by atoms with E-state index in [0.29, 0.717) is 0 Å². The van der Waals surface area contributed by atoms with Crippen LogP contribution in [-0.4, -0.2) is 10.9 Å². The number of hydrogen-bond acceptors (Lipinski definition) is 3. The van der Waals surface area contributed by atoms with E-state index in [1.165, 1.54) is 0 Å². The fourth-order valence-corrected chi connectivity index (χ4v) is 1.97. The summed E-state index contributed by atoms with van der Waals surface area (Å²) < 4.78 is 0. The van der Waals surface area contributed by atoms with Gasteiger partial charge in [0, 0.05) is 6.20 Å². The minimum Gasteiger partial charge on any atom is -0.346 e. The molecule has 0 radical (unpaired) electrons. The van der Waals surface area contributed by atoms with Crippen molar-refractivity contribution >= 4 is 5.91 Å². The molecule has 1 unspecified atom stereocenters. The second-order valence-electron chi connectivity index (χ2n) is 5.02. The molecular formula is C16H19N3O. The predicted molar refractivity (Wildman–Crippen MR) is 78.8 cm³/mol. The Morgan fingerprint density at radius 2 is 1.85 bits per heavy atom. The van der Waals surface area contributed by atoms with Crippen LogP contribution in [0.15, 0.2) is 54.7 Å². The molecule has 2 aromatic rings. The predicted octanol–water partition coefficient (Wildman–Crippen LogP) is 2.13. The van der Waals surface area contributed by atoms with Crippen molar-refractivity contribution in [3.63, 3.8) is 0 Å². The van der Waals surface area contributed by atoms with Crippen LogP contribution < -0.4 is 11.1 Å². The number of amides is 1. The number of rotatable bonds is 4. The van der Waals surface area contributed by atoms with Crippen LogP contribution in [0, 0.1) is 0 Å². The zero-order chi connectivity index (χ0) is 14.6. The molecule has 0 saturated heterocycles. The zero-order valence-electron chi connectivity index (χ0n) is 11.7. The number of benzene rings is 1. The first-order chi connectivity index (χ1) is 9.51. The topological polar surface area (TPSA) is 68.0 Å². The minimum absolute atomic E-state index is 0.185. The Kier molecular flexibility index (Phi) is 4.15.